The van der Waals surface area contributed by atoms with Gasteiger partial charge in [-0.15, -0.1) is 0 Å². The Bertz CT molecular complexity index is 165. The van der Waals surface area contributed by atoms with Gasteiger partial charge in [-0.05, 0) is 6.42 Å². The summed E-state index contributed by atoms with van der Waals surface area (Å²) in [5, 5.41) is 8.40. The van der Waals surface area contributed by atoms with Crippen LogP contribution in [0.5, 0.6) is 0 Å². The summed E-state index contributed by atoms with van der Waals surface area (Å²) in [6, 6.07) is 0. The summed E-state index contributed by atoms with van der Waals surface area (Å²) in [6.07, 6.45) is 9.67. The molecule has 1 amide bonds. The van der Waals surface area contributed by atoms with Crippen LogP contribution in [0.1, 0.15) is 58.3 Å². The second-order valence-corrected chi connectivity index (χ2v) is 5.36. The van der Waals surface area contributed by atoms with Gasteiger partial charge >= 0.3 is 0 Å². The highest BCUT2D eigenvalue weighted by atomic mass is 127. The Balaban J connectivity index is 3.20. The lowest BCUT2D eigenvalue weighted by atomic mass is 10.1. The van der Waals surface area contributed by atoms with Gasteiger partial charge in [-0.2, -0.15) is 0 Å². The number of hydrogen-bond donors (Lipinski definition) is 2. The maximum atomic E-state index is 10.9. The highest BCUT2D eigenvalue weighted by Crippen LogP contribution is 2.13. The second-order valence-electron chi connectivity index (χ2n) is 3.85. The highest BCUT2D eigenvalue weighted by Gasteiger charge is 2.12. The Morgan fingerprint density at radius 3 is 2.27 bits per heavy atom. The first-order chi connectivity index (χ1) is 7.22. The summed E-state index contributed by atoms with van der Waals surface area (Å²) in [4.78, 5) is 10.9. The van der Waals surface area contributed by atoms with Gasteiger partial charge in [0.1, 0.15) is 0 Å². The van der Waals surface area contributed by atoms with E-state index in [1.54, 1.807) is 5.48 Å². The minimum Gasteiger partial charge on any atom is -0.289 e. The molecule has 4 heteroatoms. The quantitative estimate of drug-likeness (QED) is 0.224. The predicted octanol–water partition coefficient (Wildman–Crippen LogP) is 3.44. The van der Waals surface area contributed by atoms with Crippen molar-refractivity contribution in [3.8, 4) is 0 Å². The highest BCUT2D eigenvalue weighted by molar-refractivity contribution is 14.1. The zero-order valence-electron chi connectivity index (χ0n) is 9.47. The van der Waals surface area contributed by atoms with Crippen molar-refractivity contribution < 1.29 is 10.0 Å². The molecule has 0 aromatic rings. The maximum Gasteiger partial charge on any atom is 0.256 e. The molecule has 0 fully saturated rings. The van der Waals surface area contributed by atoms with Gasteiger partial charge in [0.15, 0.2) is 0 Å². The van der Waals surface area contributed by atoms with Crippen LogP contribution in [0.4, 0.5) is 0 Å². The molecule has 2 N–H and O–H groups in total. The van der Waals surface area contributed by atoms with Crippen molar-refractivity contribution in [1.29, 1.82) is 0 Å². The van der Waals surface area contributed by atoms with Crippen molar-refractivity contribution in [3.05, 3.63) is 0 Å². The van der Waals surface area contributed by atoms with Gasteiger partial charge < -0.3 is 0 Å². The van der Waals surface area contributed by atoms with Crippen LogP contribution in [0.2, 0.25) is 0 Å². The number of hydroxylamine groups is 1. The van der Waals surface area contributed by atoms with Crippen molar-refractivity contribution in [2.24, 2.45) is 0 Å². The first-order valence-corrected chi connectivity index (χ1v) is 7.05. The van der Waals surface area contributed by atoms with E-state index in [9.17, 15) is 4.79 Å². The Labute approximate surface area is 106 Å². The van der Waals surface area contributed by atoms with Gasteiger partial charge in [-0.3, -0.25) is 10.0 Å². The molecule has 0 heterocycles. The van der Waals surface area contributed by atoms with Gasteiger partial charge in [0.2, 0.25) is 0 Å². The van der Waals surface area contributed by atoms with Crippen LogP contribution in [0, 0.1) is 0 Å². The molecule has 3 nitrogen and oxygen atoms in total. The molecule has 0 radical (unpaired) electrons. The third-order valence-corrected chi connectivity index (χ3v) is 3.64. The van der Waals surface area contributed by atoms with Crippen molar-refractivity contribution in [2.45, 2.75) is 62.2 Å². The molecule has 0 rings (SSSR count). The predicted molar refractivity (Wildman–Crippen MR) is 70.3 cm³/mol. The summed E-state index contributed by atoms with van der Waals surface area (Å²) >= 11 is 2.07. The third-order valence-electron chi connectivity index (χ3n) is 2.46. The second kappa shape index (κ2) is 10.7. The first kappa shape index (κ1) is 15.2. The fourth-order valence-electron chi connectivity index (χ4n) is 1.48. The lowest BCUT2D eigenvalue weighted by Crippen LogP contribution is -2.27. The average molecular weight is 327 g/mol. The average Bonchev–Trinajstić information content (AvgIpc) is 2.26. The summed E-state index contributed by atoms with van der Waals surface area (Å²) in [7, 11) is 0. The number of rotatable bonds is 9. The van der Waals surface area contributed by atoms with Crippen LogP contribution in [-0.2, 0) is 4.79 Å². The minimum atomic E-state index is -0.276. The first-order valence-electron chi connectivity index (χ1n) is 5.80. The van der Waals surface area contributed by atoms with Crippen molar-refractivity contribution in [3.63, 3.8) is 0 Å². The molecule has 0 saturated heterocycles. The molecule has 0 bridgehead atoms. The molecule has 90 valence electrons. The van der Waals surface area contributed by atoms with Crippen LogP contribution >= 0.6 is 22.6 Å². The fraction of sp³-hybridized carbons (Fsp3) is 0.909. The summed E-state index contributed by atoms with van der Waals surface area (Å²) in [5.74, 6) is -0.276. The van der Waals surface area contributed by atoms with Crippen molar-refractivity contribution in [1.82, 2.24) is 5.48 Å². The number of nitrogens with one attached hydrogen (secondary N) is 1. The Morgan fingerprint density at radius 1 is 1.20 bits per heavy atom. The lowest BCUT2D eigenvalue weighted by molar-refractivity contribution is -0.128. The molecule has 0 aliphatic heterocycles. The summed E-state index contributed by atoms with van der Waals surface area (Å²) < 4.78 is -0.0942. The maximum absolute atomic E-state index is 10.9. The molecule has 0 saturated carbocycles. The number of hydrogen-bond acceptors (Lipinski definition) is 2. The number of unbranched alkanes of at least 4 members (excludes halogenated alkanes) is 6. The zero-order valence-corrected chi connectivity index (χ0v) is 11.6. The van der Waals surface area contributed by atoms with E-state index < -0.39 is 0 Å². The van der Waals surface area contributed by atoms with E-state index in [0.717, 1.165) is 12.8 Å². The van der Waals surface area contributed by atoms with E-state index in [4.69, 9.17) is 5.21 Å². The van der Waals surface area contributed by atoms with E-state index in [2.05, 4.69) is 29.5 Å². The van der Waals surface area contributed by atoms with Crippen LogP contribution in [0.3, 0.4) is 0 Å². The van der Waals surface area contributed by atoms with E-state index >= 15 is 0 Å². The van der Waals surface area contributed by atoms with E-state index in [1.165, 1.54) is 38.5 Å². The number of carbonyl (C=O) groups excluding carboxylic acids is 1. The third kappa shape index (κ3) is 9.11. The molecule has 15 heavy (non-hydrogen) atoms. The monoisotopic (exact) mass is 327 g/mol. The van der Waals surface area contributed by atoms with Gasteiger partial charge in [0, 0.05) is 0 Å². The van der Waals surface area contributed by atoms with Gasteiger partial charge in [-0.1, -0.05) is 74.5 Å². The number of halogens is 1. The number of carbonyl (C=O) groups is 1. The molecule has 0 aromatic heterocycles. The molecular formula is C11H22INO2. The molecular weight excluding hydrogens is 305 g/mol. The molecule has 0 aromatic carbocycles. The standard InChI is InChI=1S/C11H22INO2/c1-2-3-4-5-6-7-8-9-10(12)11(14)13-15/h10,15H,2-9H2,1H3,(H,13,14). The SMILES string of the molecule is CCCCCCCCCC(I)C(=O)NO. The number of alkyl halides is 1. The Kier molecular flexibility index (Phi) is 10.8. The normalized spacial score (nSPS) is 12.5. The molecule has 1 atom stereocenters. The van der Waals surface area contributed by atoms with Crippen molar-refractivity contribution >= 4 is 28.5 Å². The molecule has 1 unspecified atom stereocenters. The van der Waals surface area contributed by atoms with Crippen LogP contribution in [-0.4, -0.2) is 15.0 Å². The fourth-order valence-corrected chi connectivity index (χ4v) is 2.06. The Hall–Kier alpha value is 0.160. The molecule has 0 aliphatic rings. The zero-order chi connectivity index (χ0) is 11.5. The topological polar surface area (TPSA) is 49.3 Å². The summed E-state index contributed by atoms with van der Waals surface area (Å²) in [6.45, 7) is 2.22. The van der Waals surface area contributed by atoms with Gasteiger partial charge in [0.25, 0.3) is 5.91 Å². The van der Waals surface area contributed by atoms with Crippen LogP contribution in [0.15, 0.2) is 0 Å². The van der Waals surface area contributed by atoms with E-state index in [1.807, 2.05) is 0 Å². The number of amides is 1. The molecule has 0 spiro atoms. The van der Waals surface area contributed by atoms with Gasteiger partial charge in [0.05, 0.1) is 3.92 Å². The smallest absolute Gasteiger partial charge is 0.256 e. The lowest BCUT2D eigenvalue weighted by Gasteiger charge is -2.06. The molecule has 0 aliphatic carbocycles. The van der Waals surface area contributed by atoms with Gasteiger partial charge in [-0.25, -0.2) is 5.48 Å². The van der Waals surface area contributed by atoms with Crippen molar-refractivity contribution in [2.75, 3.05) is 0 Å². The van der Waals surface area contributed by atoms with E-state index in [0.29, 0.717) is 0 Å². The minimum absolute atomic E-state index is 0.0942. The van der Waals surface area contributed by atoms with E-state index in [-0.39, 0.29) is 9.83 Å². The Morgan fingerprint density at radius 2 is 1.73 bits per heavy atom. The summed E-state index contributed by atoms with van der Waals surface area (Å²) in [5.41, 5.74) is 1.69. The van der Waals surface area contributed by atoms with Crippen LogP contribution in [0.25, 0.3) is 0 Å². The van der Waals surface area contributed by atoms with Crippen LogP contribution < -0.4 is 5.48 Å². The largest absolute Gasteiger partial charge is 0.289 e.